The van der Waals surface area contributed by atoms with Crippen LogP contribution in [0.4, 0.5) is 11.5 Å². The van der Waals surface area contributed by atoms with Crippen molar-refractivity contribution in [2.45, 2.75) is 6.04 Å². The van der Waals surface area contributed by atoms with Crippen LogP contribution in [0.5, 0.6) is 0 Å². The van der Waals surface area contributed by atoms with E-state index >= 15 is 0 Å². The number of aliphatic hydroxyl groups excluding tert-OH is 2. The highest BCUT2D eigenvalue weighted by atomic mass is 79.9. The van der Waals surface area contributed by atoms with Crippen molar-refractivity contribution in [1.29, 1.82) is 0 Å². The molecule has 88 valence electrons. The zero-order valence-corrected chi connectivity index (χ0v) is 9.72. The molecule has 3 N–H and O–H groups in total. The van der Waals surface area contributed by atoms with E-state index in [2.05, 4.69) is 26.2 Å². The Labute approximate surface area is 99.4 Å². The molecule has 0 amide bonds. The first-order valence-electron chi connectivity index (χ1n) is 4.36. The Kier molecular flexibility index (Phi) is 4.59. The Morgan fingerprint density at radius 1 is 1.56 bits per heavy atom. The molecule has 0 unspecified atom stereocenters. The van der Waals surface area contributed by atoms with Crippen LogP contribution in [-0.2, 0) is 0 Å². The summed E-state index contributed by atoms with van der Waals surface area (Å²) < 4.78 is 0.481. The zero-order valence-electron chi connectivity index (χ0n) is 8.13. The van der Waals surface area contributed by atoms with E-state index in [1.165, 1.54) is 12.3 Å². The highest BCUT2D eigenvalue weighted by molar-refractivity contribution is 9.10. The number of hydrogen-bond acceptors (Lipinski definition) is 6. The van der Waals surface area contributed by atoms with E-state index in [0.29, 0.717) is 4.47 Å². The van der Waals surface area contributed by atoms with Crippen LogP contribution >= 0.6 is 15.9 Å². The number of aromatic nitrogens is 1. The molecule has 0 atom stereocenters. The predicted octanol–water partition coefficient (Wildman–Crippen LogP) is 0.517. The topological polar surface area (TPSA) is 109 Å². The molecule has 16 heavy (non-hydrogen) atoms. The third kappa shape index (κ3) is 3.12. The van der Waals surface area contributed by atoms with Gasteiger partial charge in [0.25, 0.3) is 0 Å². The molecule has 0 aliphatic rings. The van der Waals surface area contributed by atoms with Crippen LogP contribution in [0.3, 0.4) is 0 Å². The summed E-state index contributed by atoms with van der Waals surface area (Å²) in [6, 6.07) is 0.619. The summed E-state index contributed by atoms with van der Waals surface area (Å²) in [4.78, 5) is 13.9. The maximum atomic E-state index is 10.7. The van der Waals surface area contributed by atoms with Gasteiger partial charge in [0.1, 0.15) is 0 Å². The van der Waals surface area contributed by atoms with E-state index in [1.807, 2.05) is 0 Å². The summed E-state index contributed by atoms with van der Waals surface area (Å²) in [6.07, 6.45) is 1.39. The van der Waals surface area contributed by atoms with Crippen molar-refractivity contribution in [2.75, 3.05) is 18.5 Å². The van der Waals surface area contributed by atoms with Gasteiger partial charge in [-0.25, -0.2) is 4.98 Å². The normalized spacial score (nSPS) is 10.5. The lowest BCUT2D eigenvalue weighted by molar-refractivity contribution is -0.384. The summed E-state index contributed by atoms with van der Waals surface area (Å²) >= 11 is 3.07. The van der Waals surface area contributed by atoms with Crippen LogP contribution in [0, 0.1) is 10.1 Å². The van der Waals surface area contributed by atoms with E-state index in [0.717, 1.165) is 0 Å². The van der Waals surface area contributed by atoms with Gasteiger partial charge in [0.05, 0.1) is 24.2 Å². The van der Waals surface area contributed by atoms with E-state index in [-0.39, 0.29) is 24.7 Å². The minimum absolute atomic E-state index is 0.0151. The molecular weight excluding hydrogens is 282 g/mol. The van der Waals surface area contributed by atoms with Gasteiger partial charge in [-0.1, -0.05) is 0 Å². The third-order valence-corrected chi connectivity index (χ3v) is 2.25. The second-order valence-electron chi connectivity index (χ2n) is 2.98. The highest BCUT2D eigenvalue weighted by Crippen LogP contribution is 2.25. The molecule has 0 aliphatic heterocycles. The molecule has 1 rings (SSSR count). The van der Waals surface area contributed by atoms with E-state index in [4.69, 9.17) is 10.2 Å². The summed E-state index contributed by atoms with van der Waals surface area (Å²) in [5.41, 5.74) is -0.221. The Balaban J connectivity index is 2.98. The van der Waals surface area contributed by atoms with Gasteiger partial charge < -0.3 is 15.5 Å². The number of nitro groups is 1. The number of pyridine rings is 1. The van der Waals surface area contributed by atoms with E-state index in [1.54, 1.807) is 0 Å². The molecule has 0 spiro atoms. The molecule has 0 fully saturated rings. The van der Waals surface area contributed by atoms with Crippen molar-refractivity contribution in [3.63, 3.8) is 0 Å². The number of rotatable bonds is 5. The van der Waals surface area contributed by atoms with Crippen molar-refractivity contribution >= 4 is 27.4 Å². The average Bonchev–Trinajstić information content (AvgIpc) is 2.27. The van der Waals surface area contributed by atoms with Crippen LogP contribution in [-0.4, -0.2) is 39.4 Å². The summed E-state index contributed by atoms with van der Waals surface area (Å²) in [6.45, 7) is -0.684. The monoisotopic (exact) mass is 291 g/mol. The van der Waals surface area contributed by atoms with Crippen LogP contribution in [0.1, 0.15) is 0 Å². The largest absolute Gasteiger partial charge is 0.394 e. The molecule has 0 saturated carbocycles. The number of aliphatic hydroxyl groups is 2. The Morgan fingerprint density at radius 2 is 2.19 bits per heavy atom. The van der Waals surface area contributed by atoms with Gasteiger partial charge >= 0.3 is 5.69 Å². The van der Waals surface area contributed by atoms with Crippen molar-refractivity contribution in [3.05, 3.63) is 26.9 Å². The van der Waals surface area contributed by atoms with Gasteiger partial charge in [-0.2, -0.15) is 0 Å². The minimum atomic E-state index is -0.674. The standard InChI is InChI=1S/C8H10BrN3O4/c9-5-1-7(12(15)16)8(10-2-5)11-6(3-13)4-14/h1-2,6,13-14H,3-4H2,(H,10,11). The molecule has 1 aromatic heterocycles. The van der Waals surface area contributed by atoms with Gasteiger partial charge in [0.15, 0.2) is 0 Å². The molecule has 1 heterocycles. The minimum Gasteiger partial charge on any atom is -0.394 e. The molecule has 0 aromatic carbocycles. The molecule has 0 bridgehead atoms. The maximum absolute atomic E-state index is 10.7. The first-order chi connectivity index (χ1) is 7.58. The van der Waals surface area contributed by atoms with Gasteiger partial charge in [-0.05, 0) is 15.9 Å². The first-order valence-corrected chi connectivity index (χ1v) is 5.16. The maximum Gasteiger partial charge on any atom is 0.312 e. The molecule has 8 heteroatoms. The summed E-state index contributed by atoms with van der Waals surface area (Å²) in [7, 11) is 0. The second-order valence-corrected chi connectivity index (χ2v) is 3.90. The summed E-state index contributed by atoms with van der Waals surface area (Å²) in [5.74, 6) is 0.0151. The zero-order chi connectivity index (χ0) is 12.1. The quantitative estimate of drug-likeness (QED) is 0.539. The van der Waals surface area contributed by atoms with Crippen LogP contribution in [0.2, 0.25) is 0 Å². The SMILES string of the molecule is O=[N+]([O-])c1cc(Br)cnc1NC(CO)CO. The Hall–Kier alpha value is -1.25. The van der Waals surface area contributed by atoms with Gasteiger partial charge in [-0.15, -0.1) is 0 Å². The molecular formula is C8H10BrN3O4. The Morgan fingerprint density at radius 3 is 2.69 bits per heavy atom. The first kappa shape index (κ1) is 12.8. The van der Waals surface area contributed by atoms with E-state index < -0.39 is 11.0 Å². The second kappa shape index (κ2) is 5.73. The number of nitrogens with zero attached hydrogens (tertiary/aromatic N) is 2. The van der Waals surface area contributed by atoms with Gasteiger partial charge in [0.2, 0.25) is 5.82 Å². The van der Waals surface area contributed by atoms with Crippen LogP contribution in [0.25, 0.3) is 0 Å². The third-order valence-electron chi connectivity index (χ3n) is 1.81. The lowest BCUT2D eigenvalue weighted by atomic mass is 10.3. The van der Waals surface area contributed by atoms with Gasteiger partial charge in [-0.3, -0.25) is 10.1 Å². The van der Waals surface area contributed by atoms with Crippen molar-refractivity contribution in [3.8, 4) is 0 Å². The number of nitrogens with one attached hydrogen (secondary N) is 1. The van der Waals surface area contributed by atoms with E-state index in [9.17, 15) is 10.1 Å². The lowest BCUT2D eigenvalue weighted by Gasteiger charge is -2.13. The lowest BCUT2D eigenvalue weighted by Crippen LogP contribution is -2.28. The van der Waals surface area contributed by atoms with Crippen molar-refractivity contribution in [1.82, 2.24) is 4.98 Å². The Bertz CT molecular complexity index is 384. The average molecular weight is 292 g/mol. The molecule has 0 saturated heterocycles. The fourth-order valence-corrected chi connectivity index (χ4v) is 1.34. The van der Waals surface area contributed by atoms with Crippen LogP contribution in [0.15, 0.2) is 16.7 Å². The molecule has 1 aromatic rings. The highest BCUT2D eigenvalue weighted by Gasteiger charge is 2.18. The smallest absolute Gasteiger partial charge is 0.312 e. The predicted molar refractivity (Wildman–Crippen MR) is 60.2 cm³/mol. The van der Waals surface area contributed by atoms with Gasteiger partial charge in [0, 0.05) is 16.7 Å². The molecule has 0 aliphatic carbocycles. The number of halogens is 1. The molecule has 0 radical (unpaired) electrons. The van der Waals surface area contributed by atoms with Crippen molar-refractivity contribution < 1.29 is 15.1 Å². The number of anilines is 1. The van der Waals surface area contributed by atoms with Crippen molar-refractivity contribution in [2.24, 2.45) is 0 Å². The van der Waals surface area contributed by atoms with Crippen LogP contribution < -0.4 is 5.32 Å². The fraction of sp³-hybridized carbons (Fsp3) is 0.375. The summed E-state index contributed by atoms with van der Waals surface area (Å²) in [5, 5.41) is 31.0. The number of hydrogen-bond donors (Lipinski definition) is 3. The molecule has 7 nitrogen and oxygen atoms in total. The fourth-order valence-electron chi connectivity index (χ4n) is 1.02.